The molecule has 1 amide bonds. The molecule has 1 rings (SSSR count). The Morgan fingerprint density at radius 3 is 2.65 bits per heavy atom. The van der Waals surface area contributed by atoms with Gasteiger partial charge in [0.15, 0.2) is 6.61 Å². The number of nitrogens with one attached hydrogen (secondary N) is 1. The maximum atomic E-state index is 11.8. The van der Waals surface area contributed by atoms with Crippen LogP contribution in [0.1, 0.15) is 32.8 Å². The van der Waals surface area contributed by atoms with Crippen molar-refractivity contribution in [3.05, 3.63) is 23.8 Å². The van der Waals surface area contributed by atoms with E-state index in [0.29, 0.717) is 18.0 Å². The van der Waals surface area contributed by atoms with Crippen LogP contribution in [0.3, 0.4) is 0 Å². The molecule has 112 valence electrons. The van der Waals surface area contributed by atoms with Crippen LogP contribution in [0.25, 0.3) is 0 Å². The van der Waals surface area contributed by atoms with Gasteiger partial charge in [0.25, 0.3) is 5.91 Å². The Balaban J connectivity index is 2.67. The first kappa shape index (κ1) is 16.3. The highest BCUT2D eigenvalue weighted by atomic mass is 16.5. The van der Waals surface area contributed by atoms with Gasteiger partial charge in [0, 0.05) is 23.7 Å². The molecule has 0 saturated heterocycles. The van der Waals surface area contributed by atoms with Crippen molar-refractivity contribution in [1.29, 1.82) is 0 Å². The van der Waals surface area contributed by atoms with Crippen molar-refractivity contribution in [3.8, 4) is 11.5 Å². The van der Waals surface area contributed by atoms with Gasteiger partial charge in [0.1, 0.15) is 11.5 Å². The van der Waals surface area contributed by atoms with E-state index in [1.165, 1.54) is 0 Å². The number of nitrogens with two attached hydrogens (primary N) is 1. The molecule has 0 aliphatic carbocycles. The van der Waals surface area contributed by atoms with Crippen molar-refractivity contribution >= 4 is 5.91 Å². The van der Waals surface area contributed by atoms with E-state index >= 15 is 0 Å². The minimum absolute atomic E-state index is 0.0381. The number of ether oxygens (including phenoxy) is 2. The molecule has 0 aliphatic heterocycles. The molecule has 1 aromatic rings. The summed E-state index contributed by atoms with van der Waals surface area (Å²) in [5, 5.41) is 2.92. The minimum atomic E-state index is -0.231. The molecule has 0 aliphatic rings. The van der Waals surface area contributed by atoms with Gasteiger partial charge in [-0.25, -0.2) is 0 Å². The highest BCUT2D eigenvalue weighted by Gasteiger charge is 2.18. The molecule has 0 heterocycles. The third kappa shape index (κ3) is 4.74. The van der Waals surface area contributed by atoms with Gasteiger partial charge in [0.2, 0.25) is 0 Å². The Bertz CT molecular complexity index is 458. The van der Waals surface area contributed by atoms with E-state index in [4.69, 9.17) is 15.2 Å². The van der Waals surface area contributed by atoms with Crippen LogP contribution in [0.2, 0.25) is 0 Å². The lowest BCUT2D eigenvalue weighted by Crippen LogP contribution is -2.44. The van der Waals surface area contributed by atoms with Crippen molar-refractivity contribution in [2.75, 3.05) is 13.7 Å². The quantitative estimate of drug-likeness (QED) is 0.799. The van der Waals surface area contributed by atoms with E-state index in [0.717, 1.165) is 12.0 Å². The fourth-order valence-electron chi connectivity index (χ4n) is 1.61. The van der Waals surface area contributed by atoms with E-state index in [9.17, 15) is 4.79 Å². The van der Waals surface area contributed by atoms with E-state index in [1.807, 2.05) is 32.9 Å². The molecule has 0 atom stereocenters. The summed E-state index contributed by atoms with van der Waals surface area (Å²) < 4.78 is 10.7. The number of hydrogen-bond acceptors (Lipinski definition) is 4. The fourth-order valence-corrected chi connectivity index (χ4v) is 1.61. The zero-order valence-corrected chi connectivity index (χ0v) is 12.7. The standard InChI is InChI=1S/C15H24N2O3/c1-5-15(2,3)17-14(18)10-20-13-8-12(19-4)7-6-11(13)9-16/h6-8H,5,9-10,16H2,1-4H3,(H,17,18). The molecule has 5 heteroatoms. The summed E-state index contributed by atoms with van der Waals surface area (Å²) in [5.41, 5.74) is 6.26. The van der Waals surface area contributed by atoms with Crippen molar-refractivity contribution < 1.29 is 14.3 Å². The van der Waals surface area contributed by atoms with Crippen LogP contribution in [0.4, 0.5) is 0 Å². The van der Waals surface area contributed by atoms with Crippen molar-refractivity contribution in [1.82, 2.24) is 5.32 Å². The lowest BCUT2D eigenvalue weighted by molar-refractivity contribution is -0.124. The Kier molecular flexibility index (Phi) is 5.82. The van der Waals surface area contributed by atoms with Crippen LogP contribution >= 0.6 is 0 Å². The molecule has 0 aromatic heterocycles. The second kappa shape index (κ2) is 7.14. The Morgan fingerprint density at radius 2 is 2.10 bits per heavy atom. The van der Waals surface area contributed by atoms with Gasteiger partial charge in [-0.3, -0.25) is 4.79 Å². The summed E-state index contributed by atoms with van der Waals surface area (Å²) in [6.07, 6.45) is 0.853. The average molecular weight is 280 g/mol. The second-order valence-corrected chi connectivity index (χ2v) is 5.25. The number of carbonyl (C=O) groups excluding carboxylic acids is 1. The topological polar surface area (TPSA) is 73.6 Å². The third-order valence-corrected chi connectivity index (χ3v) is 3.21. The zero-order valence-electron chi connectivity index (χ0n) is 12.7. The van der Waals surface area contributed by atoms with E-state index in [1.54, 1.807) is 13.2 Å². The number of benzene rings is 1. The van der Waals surface area contributed by atoms with Crippen LogP contribution in [0.5, 0.6) is 11.5 Å². The largest absolute Gasteiger partial charge is 0.497 e. The van der Waals surface area contributed by atoms with Crippen molar-refractivity contribution in [3.63, 3.8) is 0 Å². The number of methoxy groups -OCH3 is 1. The molecular formula is C15H24N2O3. The average Bonchev–Trinajstić information content (AvgIpc) is 2.44. The van der Waals surface area contributed by atoms with Crippen molar-refractivity contribution in [2.24, 2.45) is 5.73 Å². The van der Waals surface area contributed by atoms with Gasteiger partial charge in [0.05, 0.1) is 7.11 Å². The first-order valence-electron chi connectivity index (χ1n) is 6.72. The van der Waals surface area contributed by atoms with Gasteiger partial charge in [-0.05, 0) is 26.3 Å². The Morgan fingerprint density at radius 1 is 1.40 bits per heavy atom. The molecule has 20 heavy (non-hydrogen) atoms. The van der Waals surface area contributed by atoms with Crippen LogP contribution in [-0.2, 0) is 11.3 Å². The summed E-state index contributed by atoms with van der Waals surface area (Å²) in [6.45, 7) is 6.28. The van der Waals surface area contributed by atoms with Gasteiger partial charge in [-0.2, -0.15) is 0 Å². The highest BCUT2D eigenvalue weighted by Crippen LogP contribution is 2.24. The van der Waals surface area contributed by atoms with Gasteiger partial charge in [-0.15, -0.1) is 0 Å². The maximum Gasteiger partial charge on any atom is 0.258 e. The molecule has 3 N–H and O–H groups in total. The summed E-state index contributed by atoms with van der Waals surface area (Å²) >= 11 is 0. The molecule has 0 spiro atoms. The predicted octanol–water partition coefficient (Wildman–Crippen LogP) is 1.84. The van der Waals surface area contributed by atoms with Crippen LogP contribution in [0.15, 0.2) is 18.2 Å². The number of carbonyl (C=O) groups is 1. The predicted molar refractivity (Wildman–Crippen MR) is 78.9 cm³/mol. The van der Waals surface area contributed by atoms with Gasteiger partial charge < -0.3 is 20.5 Å². The normalized spacial score (nSPS) is 11.1. The summed E-state index contributed by atoms with van der Waals surface area (Å²) in [6, 6.07) is 5.39. The molecule has 5 nitrogen and oxygen atoms in total. The highest BCUT2D eigenvalue weighted by molar-refractivity contribution is 5.78. The summed E-state index contributed by atoms with van der Waals surface area (Å²) in [7, 11) is 1.58. The van der Waals surface area contributed by atoms with Gasteiger partial charge >= 0.3 is 0 Å². The number of amides is 1. The monoisotopic (exact) mass is 280 g/mol. The van der Waals surface area contributed by atoms with Gasteiger partial charge in [-0.1, -0.05) is 13.0 Å². The Labute approximate surface area is 120 Å². The molecular weight excluding hydrogens is 256 g/mol. The fraction of sp³-hybridized carbons (Fsp3) is 0.533. The SMILES string of the molecule is CCC(C)(C)NC(=O)COc1cc(OC)ccc1CN. The summed E-state index contributed by atoms with van der Waals surface area (Å²) in [4.78, 5) is 11.8. The lowest BCUT2D eigenvalue weighted by atomic mass is 10.0. The zero-order chi connectivity index (χ0) is 15.2. The second-order valence-electron chi connectivity index (χ2n) is 5.25. The van der Waals surface area contributed by atoms with Crippen LogP contribution in [-0.4, -0.2) is 25.2 Å². The van der Waals surface area contributed by atoms with E-state index in [2.05, 4.69) is 5.32 Å². The molecule has 0 radical (unpaired) electrons. The molecule has 0 saturated carbocycles. The van der Waals surface area contributed by atoms with Crippen molar-refractivity contribution in [2.45, 2.75) is 39.3 Å². The number of hydrogen-bond donors (Lipinski definition) is 2. The van der Waals surface area contributed by atoms with E-state index in [-0.39, 0.29) is 18.1 Å². The maximum absolute atomic E-state index is 11.8. The Hall–Kier alpha value is -1.75. The molecule has 0 unspecified atom stereocenters. The smallest absolute Gasteiger partial charge is 0.258 e. The minimum Gasteiger partial charge on any atom is -0.497 e. The first-order valence-corrected chi connectivity index (χ1v) is 6.72. The first-order chi connectivity index (χ1) is 9.41. The van der Waals surface area contributed by atoms with Crippen LogP contribution in [0, 0.1) is 0 Å². The van der Waals surface area contributed by atoms with E-state index < -0.39 is 0 Å². The summed E-state index contributed by atoms with van der Waals surface area (Å²) in [5.74, 6) is 1.10. The van der Waals surface area contributed by atoms with Crippen LogP contribution < -0.4 is 20.5 Å². The third-order valence-electron chi connectivity index (χ3n) is 3.21. The number of rotatable bonds is 7. The molecule has 1 aromatic carbocycles. The lowest BCUT2D eigenvalue weighted by Gasteiger charge is -2.24. The molecule has 0 bridgehead atoms. The molecule has 0 fully saturated rings.